The largest absolute Gasteiger partial charge is 0.377 e. The van der Waals surface area contributed by atoms with Gasteiger partial charge in [0.25, 0.3) is 0 Å². The molecule has 2 unspecified atom stereocenters. The van der Waals surface area contributed by atoms with Gasteiger partial charge in [-0.15, -0.1) is 11.3 Å². The number of fused-ring (bicyclic) bond motifs is 1. The second kappa shape index (κ2) is 8.99. The van der Waals surface area contributed by atoms with Gasteiger partial charge in [0.15, 0.2) is 5.82 Å². The predicted molar refractivity (Wildman–Crippen MR) is 125 cm³/mol. The summed E-state index contributed by atoms with van der Waals surface area (Å²) in [4.78, 5) is 4.12. The Labute approximate surface area is 187 Å². The summed E-state index contributed by atoms with van der Waals surface area (Å²) in [5, 5.41) is 22.4. The van der Waals surface area contributed by atoms with E-state index < -0.39 is 0 Å². The van der Waals surface area contributed by atoms with E-state index in [4.69, 9.17) is 4.74 Å². The number of aromatic nitrogens is 2. The number of rotatable bonds is 6. The van der Waals surface area contributed by atoms with E-state index in [1.165, 1.54) is 24.2 Å². The molecule has 1 aromatic carbocycles. The third-order valence-corrected chi connectivity index (χ3v) is 7.72. The summed E-state index contributed by atoms with van der Waals surface area (Å²) >= 11 is 1.50. The lowest BCUT2D eigenvalue weighted by Crippen LogP contribution is -2.46. The maximum atomic E-state index is 9.74. The van der Waals surface area contributed by atoms with Crippen molar-refractivity contribution in [3.05, 3.63) is 35.2 Å². The molecule has 5 rings (SSSR count). The summed E-state index contributed by atoms with van der Waals surface area (Å²) in [6, 6.07) is 13.1. The topological polar surface area (TPSA) is 77.0 Å². The lowest BCUT2D eigenvalue weighted by atomic mass is 9.86. The fourth-order valence-corrected chi connectivity index (χ4v) is 6.23. The van der Waals surface area contributed by atoms with Crippen LogP contribution in [0.3, 0.4) is 0 Å². The fourth-order valence-electron chi connectivity index (χ4n) is 5.28. The minimum atomic E-state index is 0.306. The molecule has 2 atom stereocenters. The number of ether oxygens (including phenoxy) is 1. The molecular formula is C24H29N5OS. The van der Waals surface area contributed by atoms with Crippen LogP contribution in [0.1, 0.15) is 37.5 Å². The zero-order valence-electron chi connectivity index (χ0n) is 17.9. The van der Waals surface area contributed by atoms with Gasteiger partial charge in [0.1, 0.15) is 15.8 Å². The molecule has 4 heterocycles. The van der Waals surface area contributed by atoms with Gasteiger partial charge >= 0.3 is 0 Å². The Morgan fingerprint density at radius 2 is 2.06 bits per heavy atom. The van der Waals surface area contributed by atoms with Crippen molar-refractivity contribution in [3.8, 4) is 17.2 Å². The van der Waals surface area contributed by atoms with Crippen LogP contribution in [0.4, 0.5) is 5.82 Å². The van der Waals surface area contributed by atoms with Gasteiger partial charge in [0, 0.05) is 31.3 Å². The summed E-state index contributed by atoms with van der Waals surface area (Å²) in [6.07, 6.45) is 4.98. The van der Waals surface area contributed by atoms with Crippen LogP contribution < -0.4 is 10.2 Å². The SMILES string of the molecule is CCOC(C1CCN(c2n[nH]c3sc(C#N)c(-c4ccccc4)c23)CC1)C1CCCN1. The number of piperidine rings is 1. The number of anilines is 1. The smallest absolute Gasteiger partial charge is 0.159 e. The van der Waals surface area contributed by atoms with Crippen LogP contribution >= 0.6 is 11.3 Å². The summed E-state index contributed by atoms with van der Waals surface area (Å²) in [5.41, 5.74) is 2.09. The molecule has 0 saturated carbocycles. The minimum absolute atomic E-state index is 0.306. The van der Waals surface area contributed by atoms with Crippen molar-refractivity contribution in [2.75, 3.05) is 31.1 Å². The number of thiophene rings is 1. The highest BCUT2D eigenvalue weighted by Gasteiger charge is 2.35. The van der Waals surface area contributed by atoms with E-state index in [-0.39, 0.29) is 0 Å². The molecule has 2 N–H and O–H groups in total. The van der Waals surface area contributed by atoms with Crippen molar-refractivity contribution in [1.82, 2.24) is 15.5 Å². The van der Waals surface area contributed by atoms with Crippen molar-refractivity contribution in [2.24, 2.45) is 5.92 Å². The predicted octanol–water partition coefficient (Wildman–Crippen LogP) is 4.54. The van der Waals surface area contributed by atoms with E-state index in [1.807, 2.05) is 18.2 Å². The Balaban J connectivity index is 1.40. The van der Waals surface area contributed by atoms with Crippen molar-refractivity contribution >= 4 is 27.4 Å². The van der Waals surface area contributed by atoms with Gasteiger partial charge < -0.3 is 15.0 Å². The highest BCUT2D eigenvalue weighted by atomic mass is 32.1. The molecule has 2 fully saturated rings. The Morgan fingerprint density at radius 3 is 2.74 bits per heavy atom. The second-order valence-electron chi connectivity index (χ2n) is 8.48. The molecule has 0 radical (unpaired) electrons. The van der Waals surface area contributed by atoms with Gasteiger partial charge in [-0.25, -0.2) is 0 Å². The van der Waals surface area contributed by atoms with Gasteiger partial charge in [-0.1, -0.05) is 30.3 Å². The summed E-state index contributed by atoms with van der Waals surface area (Å²) in [5.74, 6) is 1.56. The van der Waals surface area contributed by atoms with Crippen molar-refractivity contribution in [2.45, 2.75) is 44.8 Å². The van der Waals surface area contributed by atoms with Gasteiger partial charge in [0.05, 0.1) is 11.5 Å². The number of hydrogen-bond acceptors (Lipinski definition) is 6. The first-order valence-electron chi connectivity index (χ1n) is 11.4. The Morgan fingerprint density at radius 1 is 1.26 bits per heavy atom. The maximum absolute atomic E-state index is 9.74. The molecule has 0 spiro atoms. The summed E-state index contributed by atoms with van der Waals surface area (Å²) < 4.78 is 6.22. The van der Waals surface area contributed by atoms with E-state index in [0.717, 1.165) is 71.1 Å². The average Bonchev–Trinajstić information content (AvgIpc) is 3.55. The zero-order valence-corrected chi connectivity index (χ0v) is 18.8. The van der Waals surface area contributed by atoms with Crippen molar-refractivity contribution in [1.29, 1.82) is 5.26 Å². The summed E-state index contributed by atoms with van der Waals surface area (Å²) in [7, 11) is 0. The van der Waals surface area contributed by atoms with Crippen molar-refractivity contribution < 1.29 is 4.74 Å². The first kappa shape index (κ1) is 20.5. The molecule has 7 heteroatoms. The van der Waals surface area contributed by atoms with E-state index in [9.17, 15) is 5.26 Å². The average molecular weight is 436 g/mol. The lowest BCUT2D eigenvalue weighted by molar-refractivity contribution is -0.00955. The van der Waals surface area contributed by atoms with E-state index >= 15 is 0 Å². The number of hydrogen-bond donors (Lipinski definition) is 2. The van der Waals surface area contributed by atoms with Crippen LogP contribution in [0.25, 0.3) is 21.3 Å². The molecule has 162 valence electrons. The van der Waals surface area contributed by atoms with E-state index in [2.05, 4.69) is 45.5 Å². The quantitative estimate of drug-likeness (QED) is 0.595. The first-order chi connectivity index (χ1) is 15.3. The molecule has 31 heavy (non-hydrogen) atoms. The van der Waals surface area contributed by atoms with Gasteiger partial charge in [-0.2, -0.15) is 10.4 Å². The number of nitrogens with one attached hydrogen (secondary N) is 2. The lowest BCUT2D eigenvalue weighted by Gasteiger charge is -2.38. The number of benzene rings is 1. The van der Waals surface area contributed by atoms with Crippen molar-refractivity contribution in [3.63, 3.8) is 0 Å². The Hall–Kier alpha value is -2.40. The maximum Gasteiger partial charge on any atom is 0.159 e. The molecule has 3 aromatic rings. The molecule has 0 amide bonds. The first-order valence-corrected chi connectivity index (χ1v) is 12.2. The molecule has 2 aliphatic rings. The fraction of sp³-hybridized carbons (Fsp3) is 0.500. The van der Waals surface area contributed by atoms with Crippen LogP contribution in [0, 0.1) is 17.2 Å². The van der Waals surface area contributed by atoms with Gasteiger partial charge in [0.2, 0.25) is 0 Å². The number of H-pyrrole nitrogens is 1. The van der Waals surface area contributed by atoms with Crippen LogP contribution in [0.15, 0.2) is 30.3 Å². The molecule has 2 aromatic heterocycles. The third-order valence-electron chi connectivity index (χ3n) is 6.72. The highest BCUT2D eigenvalue weighted by molar-refractivity contribution is 7.19. The molecule has 2 saturated heterocycles. The normalized spacial score (nSPS) is 20.9. The number of nitriles is 1. The monoisotopic (exact) mass is 435 g/mol. The van der Waals surface area contributed by atoms with E-state index in [1.54, 1.807) is 0 Å². The summed E-state index contributed by atoms with van der Waals surface area (Å²) in [6.45, 7) is 5.92. The molecule has 0 aliphatic carbocycles. The van der Waals surface area contributed by atoms with E-state index in [0.29, 0.717) is 18.1 Å². The highest BCUT2D eigenvalue weighted by Crippen LogP contribution is 2.43. The number of nitrogens with zero attached hydrogens (tertiary/aromatic N) is 3. The second-order valence-corrected chi connectivity index (χ2v) is 9.50. The molecular weight excluding hydrogens is 406 g/mol. The molecule has 2 aliphatic heterocycles. The van der Waals surface area contributed by atoms with Gasteiger partial charge in [-0.3, -0.25) is 5.10 Å². The zero-order chi connectivity index (χ0) is 21.2. The minimum Gasteiger partial charge on any atom is -0.377 e. The third kappa shape index (κ3) is 3.84. The Bertz CT molecular complexity index is 1060. The number of aromatic amines is 1. The molecule has 0 bridgehead atoms. The van der Waals surface area contributed by atoms with Crippen LogP contribution in [0.2, 0.25) is 0 Å². The van der Waals surface area contributed by atoms with Crippen LogP contribution in [0.5, 0.6) is 0 Å². The standard InChI is InChI=1S/C24H29N5OS/c1-2-30-22(18-9-6-12-26-18)17-10-13-29(14-11-17)23-21-20(16-7-4-3-5-8-16)19(15-25)31-24(21)28-27-23/h3-5,7-8,17-18,22,26H,2,6,9-14H2,1H3,(H,27,28). The van der Waals surface area contributed by atoms with Crippen LogP contribution in [-0.2, 0) is 4.74 Å². The molecule has 6 nitrogen and oxygen atoms in total. The Kier molecular flexibility index (Phi) is 5.95. The van der Waals surface area contributed by atoms with Gasteiger partial charge in [-0.05, 0) is 50.6 Å². The van der Waals surface area contributed by atoms with Crippen LogP contribution in [-0.4, -0.2) is 48.6 Å².